The molecule has 0 aromatic heterocycles. The number of rotatable bonds is 7. The number of nitrogens with zero attached hydrogens (tertiary/aromatic N) is 1. The molecule has 31 heavy (non-hydrogen) atoms. The Hall–Kier alpha value is -4.20. The minimum atomic E-state index is -0.547. The first-order valence-electron chi connectivity index (χ1n) is 9.13. The molecule has 0 fully saturated rings. The highest BCUT2D eigenvalue weighted by molar-refractivity contribution is 5.95. The number of halogens is 1. The summed E-state index contributed by atoms with van der Waals surface area (Å²) in [7, 11) is 2.99. The van der Waals surface area contributed by atoms with Crippen molar-refractivity contribution in [2.24, 2.45) is 5.10 Å². The van der Waals surface area contributed by atoms with Crippen LogP contribution in [-0.4, -0.2) is 32.3 Å². The number of esters is 1. The zero-order chi connectivity index (χ0) is 22.2. The van der Waals surface area contributed by atoms with E-state index in [9.17, 15) is 14.0 Å². The van der Waals surface area contributed by atoms with Crippen molar-refractivity contribution in [1.82, 2.24) is 5.43 Å². The Kier molecular flexibility index (Phi) is 6.95. The topological polar surface area (TPSA) is 86.2 Å². The van der Waals surface area contributed by atoms with E-state index in [4.69, 9.17) is 14.2 Å². The molecule has 3 rings (SSSR count). The number of hydrogen-bond donors (Lipinski definition) is 1. The molecule has 0 atom stereocenters. The summed E-state index contributed by atoms with van der Waals surface area (Å²) in [5.74, 6) is -0.162. The van der Waals surface area contributed by atoms with Crippen LogP contribution in [0.1, 0.15) is 26.3 Å². The van der Waals surface area contributed by atoms with Gasteiger partial charge in [0.25, 0.3) is 5.91 Å². The van der Waals surface area contributed by atoms with Crippen LogP contribution in [0.4, 0.5) is 4.39 Å². The van der Waals surface area contributed by atoms with Gasteiger partial charge < -0.3 is 14.2 Å². The number of carbonyl (C=O) groups excluding carboxylic acids is 2. The maximum absolute atomic E-state index is 12.9. The van der Waals surface area contributed by atoms with Gasteiger partial charge in [-0.3, -0.25) is 4.79 Å². The Balaban J connectivity index is 1.58. The first-order chi connectivity index (χ1) is 15.0. The molecule has 0 aliphatic rings. The van der Waals surface area contributed by atoms with Crippen molar-refractivity contribution in [3.63, 3.8) is 0 Å². The zero-order valence-corrected chi connectivity index (χ0v) is 16.8. The number of hydrogen-bond acceptors (Lipinski definition) is 6. The van der Waals surface area contributed by atoms with Crippen LogP contribution in [0.3, 0.4) is 0 Å². The molecule has 0 saturated carbocycles. The molecule has 1 amide bonds. The van der Waals surface area contributed by atoms with Crippen LogP contribution in [0.5, 0.6) is 17.2 Å². The first kappa shape index (κ1) is 21.5. The Morgan fingerprint density at radius 2 is 1.52 bits per heavy atom. The van der Waals surface area contributed by atoms with Gasteiger partial charge in [-0.05, 0) is 72.3 Å². The molecule has 0 heterocycles. The Bertz CT molecular complexity index is 1100. The molecule has 158 valence electrons. The van der Waals surface area contributed by atoms with Gasteiger partial charge in [0.1, 0.15) is 11.6 Å². The first-order valence-corrected chi connectivity index (χ1v) is 9.13. The van der Waals surface area contributed by atoms with Crippen LogP contribution in [-0.2, 0) is 0 Å². The maximum Gasteiger partial charge on any atom is 0.343 e. The van der Waals surface area contributed by atoms with E-state index in [1.807, 2.05) is 0 Å². The average molecular weight is 422 g/mol. The number of nitrogens with one attached hydrogen (secondary N) is 1. The molecule has 0 saturated heterocycles. The summed E-state index contributed by atoms with van der Waals surface area (Å²) in [5.41, 5.74) is 3.63. The molecule has 8 heteroatoms. The lowest BCUT2D eigenvalue weighted by molar-refractivity contribution is 0.0734. The van der Waals surface area contributed by atoms with Crippen molar-refractivity contribution in [3.8, 4) is 17.2 Å². The molecule has 0 radical (unpaired) electrons. The smallest absolute Gasteiger partial charge is 0.343 e. The van der Waals surface area contributed by atoms with Crippen LogP contribution in [0.2, 0.25) is 0 Å². The second-order valence-electron chi connectivity index (χ2n) is 6.23. The van der Waals surface area contributed by atoms with Crippen LogP contribution in [0.15, 0.2) is 71.8 Å². The summed E-state index contributed by atoms with van der Waals surface area (Å²) in [4.78, 5) is 24.3. The summed E-state index contributed by atoms with van der Waals surface area (Å²) < 4.78 is 28.6. The molecule has 0 spiro atoms. The molecule has 0 aliphatic carbocycles. The summed E-state index contributed by atoms with van der Waals surface area (Å²) in [6.45, 7) is 0. The van der Waals surface area contributed by atoms with Gasteiger partial charge in [0.15, 0.2) is 11.5 Å². The van der Waals surface area contributed by atoms with Crippen molar-refractivity contribution < 1.29 is 28.2 Å². The number of hydrazone groups is 1. The molecule has 0 unspecified atom stereocenters. The highest BCUT2D eigenvalue weighted by atomic mass is 19.1. The predicted octanol–water partition coefficient (Wildman–Crippen LogP) is 3.83. The lowest BCUT2D eigenvalue weighted by Crippen LogP contribution is -2.17. The van der Waals surface area contributed by atoms with Crippen LogP contribution < -0.4 is 19.6 Å². The number of ether oxygens (including phenoxy) is 3. The number of amides is 1. The highest BCUT2D eigenvalue weighted by Crippen LogP contribution is 2.28. The number of carbonyl (C=O) groups is 2. The van der Waals surface area contributed by atoms with E-state index in [1.165, 1.54) is 50.8 Å². The number of benzene rings is 3. The normalized spacial score (nSPS) is 10.5. The van der Waals surface area contributed by atoms with E-state index in [-0.39, 0.29) is 5.56 Å². The number of methoxy groups -OCH3 is 2. The van der Waals surface area contributed by atoms with Crippen LogP contribution in [0, 0.1) is 5.82 Å². The van der Waals surface area contributed by atoms with E-state index in [2.05, 4.69) is 10.5 Å². The third kappa shape index (κ3) is 5.66. The Morgan fingerprint density at radius 3 is 2.16 bits per heavy atom. The second-order valence-corrected chi connectivity index (χ2v) is 6.23. The average Bonchev–Trinajstić information content (AvgIpc) is 2.80. The molecule has 3 aromatic carbocycles. The summed E-state index contributed by atoms with van der Waals surface area (Å²) in [6, 6.07) is 16.4. The fraction of sp³-hybridized carbons (Fsp3) is 0.0870. The minimum absolute atomic E-state index is 0.288. The largest absolute Gasteiger partial charge is 0.493 e. The monoisotopic (exact) mass is 422 g/mol. The molecular formula is C23H19FN2O5. The van der Waals surface area contributed by atoms with E-state index in [1.54, 1.807) is 36.4 Å². The van der Waals surface area contributed by atoms with Gasteiger partial charge in [-0.2, -0.15) is 5.10 Å². The van der Waals surface area contributed by atoms with Crippen molar-refractivity contribution in [2.45, 2.75) is 0 Å². The van der Waals surface area contributed by atoms with Crippen molar-refractivity contribution in [3.05, 3.63) is 89.2 Å². The van der Waals surface area contributed by atoms with Gasteiger partial charge in [0.05, 0.1) is 26.0 Å². The van der Waals surface area contributed by atoms with E-state index in [0.29, 0.717) is 28.4 Å². The molecular weight excluding hydrogens is 403 g/mol. The van der Waals surface area contributed by atoms with Gasteiger partial charge >= 0.3 is 5.97 Å². The van der Waals surface area contributed by atoms with Gasteiger partial charge in [0.2, 0.25) is 0 Å². The SMILES string of the molecule is COc1ccc(C(=O)Oc2ccc(C=NNC(=O)c3ccc(F)cc3)cc2)cc1OC. The van der Waals surface area contributed by atoms with Gasteiger partial charge in [-0.1, -0.05) is 0 Å². The fourth-order valence-electron chi connectivity index (χ4n) is 2.58. The zero-order valence-electron chi connectivity index (χ0n) is 16.8. The second kappa shape index (κ2) is 10.0. The summed E-state index contributed by atoms with van der Waals surface area (Å²) >= 11 is 0. The lowest BCUT2D eigenvalue weighted by Gasteiger charge is -2.09. The van der Waals surface area contributed by atoms with E-state index < -0.39 is 17.7 Å². The molecule has 0 bridgehead atoms. The van der Waals surface area contributed by atoms with Gasteiger partial charge in [-0.25, -0.2) is 14.6 Å². The molecule has 7 nitrogen and oxygen atoms in total. The van der Waals surface area contributed by atoms with Gasteiger partial charge in [-0.15, -0.1) is 0 Å². The third-order valence-electron chi connectivity index (χ3n) is 4.20. The summed E-state index contributed by atoms with van der Waals surface area (Å²) in [5, 5.41) is 3.86. The van der Waals surface area contributed by atoms with Crippen LogP contribution in [0.25, 0.3) is 0 Å². The summed E-state index contributed by atoms with van der Waals surface area (Å²) in [6.07, 6.45) is 1.43. The third-order valence-corrected chi connectivity index (χ3v) is 4.20. The van der Waals surface area contributed by atoms with Crippen LogP contribution >= 0.6 is 0 Å². The van der Waals surface area contributed by atoms with Gasteiger partial charge in [0, 0.05) is 5.56 Å². The van der Waals surface area contributed by atoms with Crippen molar-refractivity contribution >= 4 is 18.1 Å². The van der Waals surface area contributed by atoms with E-state index >= 15 is 0 Å². The van der Waals surface area contributed by atoms with Crippen molar-refractivity contribution in [2.75, 3.05) is 14.2 Å². The quantitative estimate of drug-likeness (QED) is 0.271. The molecule has 1 N–H and O–H groups in total. The fourth-order valence-corrected chi connectivity index (χ4v) is 2.58. The van der Waals surface area contributed by atoms with E-state index in [0.717, 1.165) is 0 Å². The Labute approximate surface area is 178 Å². The van der Waals surface area contributed by atoms with Crippen molar-refractivity contribution in [1.29, 1.82) is 0 Å². The minimum Gasteiger partial charge on any atom is -0.493 e. The highest BCUT2D eigenvalue weighted by Gasteiger charge is 2.13. The molecule has 3 aromatic rings. The lowest BCUT2D eigenvalue weighted by atomic mass is 10.2. The predicted molar refractivity (Wildman–Crippen MR) is 112 cm³/mol. The maximum atomic E-state index is 12.9. The standard InChI is InChI=1S/C23H19FN2O5/c1-29-20-12-7-17(13-21(20)30-2)23(28)31-19-10-3-15(4-11-19)14-25-26-22(27)16-5-8-18(24)9-6-16/h3-14H,1-2H3,(H,26,27). The molecule has 0 aliphatic heterocycles. The Morgan fingerprint density at radius 1 is 0.871 bits per heavy atom.